The van der Waals surface area contributed by atoms with Crippen molar-refractivity contribution in [2.24, 2.45) is 0 Å². The number of hydrogen-bond acceptors (Lipinski definition) is 2. The Morgan fingerprint density at radius 1 is 1.07 bits per heavy atom. The lowest BCUT2D eigenvalue weighted by molar-refractivity contribution is -0.125. The summed E-state index contributed by atoms with van der Waals surface area (Å²) in [5.41, 5.74) is 0.167. The quantitative estimate of drug-likeness (QED) is 0.670. The molecule has 0 aliphatic carbocycles. The van der Waals surface area contributed by atoms with Crippen molar-refractivity contribution in [2.45, 2.75) is 37.6 Å². The third-order valence-corrected chi connectivity index (χ3v) is 3.02. The predicted octanol–water partition coefficient (Wildman–Crippen LogP) is 1.25. The second-order valence-corrected chi connectivity index (χ2v) is 3.93. The molecule has 0 aromatic heterocycles. The normalized spacial score (nSPS) is 24.4. The minimum Gasteiger partial charge on any atom is -0.351 e. The largest absolute Gasteiger partial charge is 0.351 e. The fraction of sp³-hybridized carbons (Fsp3) is 0.889. The van der Waals surface area contributed by atoms with Crippen LogP contribution >= 0.6 is 24.8 Å². The summed E-state index contributed by atoms with van der Waals surface area (Å²) in [4.78, 5) is 11.2. The van der Waals surface area contributed by atoms with Crippen LogP contribution in [0.4, 0.5) is 0 Å². The Morgan fingerprint density at radius 3 is 2.29 bits per heavy atom. The SMILES string of the molecule is Cl.Cl.O=C1CCCC2(CCNCC2)N1. The third kappa shape index (κ3) is 3.01. The Kier molecular flexibility index (Phi) is 5.79. The summed E-state index contributed by atoms with van der Waals surface area (Å²) in [5, 5.41) is 6.47. The van der Waals surface area contributed by atoms with Gasteiger partial charge in [-0.3, -0.25) is 4.79 Å². The summed E-state index contributed by atoms with van der Waals surface area (Å²) in [6, 6.07) is 0. The molecule has 3 nitrogen and oxygen atoms in total. The predicted molar refractivity (Wildman–Crippen MR) is 61.3 cm³/mol. The van der Waals surface area contributed by atoms with Gasteiger partial charge in [-0.25, -0.2) is 0 Å². The zero-order valence-corrected chi connectivity index (χ0v) is 9.81. The van der Waals surface area contributed by atoms with Crippen molar-refractivity contribution in [1.29, 1.82) is 0 Å². The molecule has 5 heteroatoms. The lowest BCUT2D eigenvalue weighted by Gasteiger charge is -2.41. The average molecular weight is 241 g/mol. The molecule has 0 aromatic rings. The molecule has 0 unspecified atom stereocenters. The minimum atomic E-state index is 0. The van der Waals surface area contributed by atoms with E-state index in [2.05, 4.69) is 10.6 Å². The van der Waals surface area contributed by atoms with E-state index in [4.69, 9.17) is 0 Å². The number of carbonyl (C=O) groups is 1. The maximum atomic E-state index is 11.2. The van der Waals surface area contributed by atoms with Gasteiger partial charge in [0.15, 0.2) is 0 Å². The van der Waals surface area contributed by atoms with E-state index in [1.807, 2.05) is 0 Å². The Labute approximate surface area is 97.2 Å². The zero-order chi connectivity index (χ0) is 8.44. The summed E-state index contributed by atoms with van der Waals surface area (Å²) >= 11 is 0. The lowest BCUT2D eigenvalue weighted by atomic mass is 9.81. The van der Waals surface area contributed by atoms with Crippen LogP contribution in [0, 0.1) is 0 Å². The highest BCUT2D eigenvalue weighted by atomic mass is 35.5. The molecule has 2 saturated heterocycles. The van der Waals surface area contributed by atoms with Gasteiger partial charge in [-0.05, 0) is 38.8 Å². The molecule has 0 radical (unpaired) electrons. The van der Waals surface area contributed by atoms with Crippen molar-refractivity contribution in [1.82, 2.24) is 10.6 Å². The van der Waals surface area contributed by atoms with Gasteiger partial charge in [-0.1, -0.05) is 0 Å². The van der Waals surface area contributed by atoms with E-state index in [9.17, 15) is 4.79 Å². The second kappa shape index (κ2) is 5.79. The third-order valence-electron chi connectivity index (χ3n) is 3.02. The van der Waals surface area contributed by atoms with Crippen LogP contribution in [-0.4, -0.2) is 24.5 Å². The van der Waals surface area contributed by atoms with Crippen molar-refractivity contribution in [3.8, 4) is 0 Å². The molecule has 1 amide bonds. The monoisotopic (exact) mass is 240 g/mol. The van der Waals surface area contributed by atoms with E-state index in [0.717, 1.165) is 38.8 Å². The Bertz CT molecular complexity index is 188. The standard InChI is InChI=1S/C9H16N2O.2ClH/c12-8-2-1-3-9(11-8)4-6-10-7-5-9;;/h10H,1-7H2,(H,11,12);2*1H. The molecule has 0 atom stereocenters. The summed E-state index contributed by atoms with van der Waals surface area (Å²) in [6.07, 6.45) is 5.21. The highest BCUT2D eigenvalue weighted by Crippen LogP contribution is 2.27. The van der Waals surface area contributed by atoms with Gasteiger partial charge >= 0.3 is 0 Å². The van der Waals surface area contributed by atoms with Gasteiger partial charge in [0.25, 0.3) is 0 Å². The summed E-state index contributed by atoms with van der Waals surface area (Å²) in [6.45, 7) is 2.11. The molecule has 2 aliphatic heterocycles. The van der Waals surface area contributed by atoms with Crippen LogP contribution in [0.5, 0.6) is 0 Å². The highest BCUT2D eigenvalue weighted by molar-refractivity contribution is 5.85. The van der Waals surface area contributed by atoms with Crippen LogP contribution in [0.25, 0.3) is 0 Å². The van der Waals surface area contributed by atoms with Crippen molar-refractivity contribution in [3.63, 3.8) is 0 Å². The Morgan fingerprint density at radius 2 is 1.71 bits per heavy atom. The summed E-state index contributed by atoms with van der Waals surface area (Å²) in [5.74, 6) is 0.253. The molecular formula is C9H18Cl2N2O. The molecular weight excluding hydrogens is 223 g/mol. The molecule has 14 heavy (non-hydrogen) atoms. The van der Waals surface area contributed by atoms with Crippen LogP contribution < -0.4 is 10.6 Å². The molecule has 2 heterocycles. The van der Waals surface area contributed by atoms with Crippen molar-refractivity contribution < 1.29 is 4.79 Å². The first-order chi connectivity index (χ1) is 5.81. The van der Waals surface area contributed by atoms with E-state index in [-0.39, 0.29) is 36.3 Å². The molecule has 0 aromatic carbocycles. The van der Waals surface area contributed by atoms with Crippen molar-refractivity contribution in [3.05, 3.63) is 0 Å². The smallest absolute Gasteiger partial charge is 0.220 e. The number of hydrogen-bond donors (Lipinski definition) is 2. The van der Waals surface area contributed by atoms with Crippen molar-refractivity contribution in [2.75, 3.05) is 13.1 Å². The summed E-state index contributed by atoms with van der Waals surface area (Å²) < 4.78 is 0. The van der Waals surface area contributed by atoms with Gasteiger partial charge < -0.3 is 10.6 Å². The first-order valence-corrected chi connectivity index (χ1v) is 4.83. The average Bonchev–Trinajstić information content (AvgIpc) is 2.05. The minimum absolute atomic E-state index is 0. The number of piperidine rings is 2. The van der Waals surface area contributed by atoms with E-state index < -0.39 is 0 Å². The topological polar surface area (TPSA) is 41.1 Å². The van der Waals surface area contributed by atoms with Gasteiger partial charge in [0.1, 0.15) is 0 Å². The lowest BCUT2D eigenvalue weighted by Crippen LogP contribution is -2.56. The summed E-state index contributed by atoms with van der Waals surface area (Å²) in [7, 11) is 0. The first kappa shape index (κ1) is 14.0. The van der Waals surface area contributed by atoms with E-state index in [1.54, 1.807) is 0 Å². The van der Waals surface area contributed by atoms with Gasteiger partial charge in [-0.15, -0.1) is 24.8 Å². The number of rotatable bonds is 0. The molecule has 0 bridgehead atoms. The Balaban J connectivity index is 0.000000845. The maximum Gasteiger partial charge on any atom is 0.220 e. The molecule has 0 saturated carbocycles. The van der Waals surface area contributed by atoms with Gasteiger partial charge in [-0.2, -0.15) is 0 Å². The van der Waals surface area contributed by atoms with E-state index in [0.29, 0.717) is 0 Å². The van der Waals surface area contributed by atoms with Gasteiger partial charge in [0, 0.05) is 12.0 Å². The Hall–Kier alpha value is 0.01000. The maximum absolute atomic E-state index is 11.2. The van der Waals surface area contributed by atoms with Gasteiger partial charge in [0.05, 0.1) is 0 Å². The molecule has 2 N–H and O–H groups in total. The molecule has 2 aliphatic rings. The molecule has 84 valence electrons. The first-order valence-electron chi connectivity index (χ1n) is 4.83. The molecule has 1 spiro atoms. The van der Waals surface area contributed by atoms with Crippen LogP contribution in [0.1, 0.15) is 32.1 Å². The number of halogens is 2. The highest BCUT2D eigenvalue weighted by Gasteiger charge is 2.35. The van der Waals surface area contributed by atoms with Crippen molar-refractivity contribution >= 4 is 30.7 Å². The second-order valence-electron chi connectivity index (χ2n) is 3.93. The molecule has 2 rings (SSSR count). The van der Waals surface area contributed by atoms with E-state index in [1.165, 1.54) is 6.42 Å². The van der Waals surface area contributed by atoms with Crippen LogP contribution in [0.15, 0.2) is 0 Å². The fourth-order valence-electron chi connectivity index (χ4n) is 2.29. The number of amides is 1. The fourth-order valence-corrected chi connectivity index (χ4v) is 2.29. The van der Waals surface area contributed by atoms with Crippen LogP contribution in [0.2, 0.25) is 0 Å². The molecule has 2 fully saturated rings. The number of nitrogens with one attached hydrogen (secondary N) is 2. The number of carbonyl (C=O) groups excluding carboxylic acids is 1. The van der Waals surface area contributed by atoms with E-state index >= 15 is 0 Å². The van der Waals surface area contributed by atoms with Crippen LogP contribution in [-0.2, 0) is 4.79 Å². The van der Waals surface area contributed by atoms with Gasteiger partial charge in [0.2, 0.25) is 5.91 Å². The van der Waals surface area contributed by atoms with Crippen LogP contribution in [0.3, 0.4) is 0 Å². The zero-order valence-electron chi connectivity index (χ0n) is 8.17.